The second kappa shape index (κ2) is 11.8. The van der Waals surface area contributed by atoms with E-state index in [9.17, 15) is 9.59 Å². The fourth-order valence-electron chi connectivity index (χ4n) is 4.87. The molecule has 1 aromatic heterocycles. The molecule has 5 N–H and O–H groups in total. The number of amides is 1. The minimum Gasteiger partial charge on any atom is -0.465 e. The molecule has 1 fully saturated rings. The van der Waals surface area contributed by atoms with Crippen LogP contribution in [0.25, 0.3) is 11.1 Å². The zero-order chi connectivity index (χ0) is 25.5. The van der Waals surface area contributed by atoms with E-state index in [-0.39, 0.29) is 17.9 Å². The smallest absolute Gasteiger partial charge is 0.339 e. The molecular weight excluding hydrogens is 452 g/mol. The van der Waals surface area contributed by atoms with Crippen LogP contribution in [0.4, 0.5) is 5.69 Å². The molecule has 0 spiro atoms. The molecule has 1 aliphatic carbocycles. The Balaban J connectivity index is 1.61. The molecule has 1 heterocycles. The van der Waals surface area contributed by atoms with Crippen LogP contribution in [0.15, 0.2) is 66.9 Å². The highest BCUT2D eigenvalue weighted by Gasteiger charge is 2.28. The summed E-state index contributed by atoms with van der Waals surface area (Å²) in [6.07, 6.45) is 6.06. The zero-order valence-electron chi connectivity index (χ0n) is 20.7. The molecule has 1 unspecified atom stereocenters. The van der Waals surface area contributed by atoms with E-state index in [1.807, 2.05) is 36.4 Å². The lowest BCUT2D eigenvalue weighted by Gasteiger charge is -2.28. The number of carbonyl (C=O) groups is 2. The van der Waals surface area contributed by atoms with E-state index in [2.05, 4.69) is 22.4 Å². The maximum atomic E-state index is 13.3. The molecule has 1 aliphatic rings. The summed E-state index contributed by atoms with van der Waals surface area (Å²) in [4.78, 5) is 30.0. The van der Waals surface area contributed by atoms with Crippen molar-refractivity contribution in [3.05, 3.63) is 83.7 Å². The standard InChI is InChI=1S/C29H34N4O3/c1-36-29(35)24-16-22(11-12-25(24)31)23-13-14-32-26(17-23)27(15-19-5-3-2-4-6-19)33-28(34)21-9-7-20(18-30)8-10-21/h2-6,11-14,16-17,20-21,27H,7-10,15,18,30-31H2,1H3,(H,33,34). The van der Waals surface area contributed by atoms with Gasteiger partial charge in [-0.15, -0.1) is 0 Å². The van der Waals surface area contributed by atoms with E-state index in [1.165, 1.54) is 7.11 Å². The van der Waals surface area contributed by atoms with Gasteiger partial charge in [-0.3, -0.25) is 9.78 Å². The third-order valence-corrected chi connectivity index (χ3v) is 7.08. The van der Waals surface area contributed by atoms with Crippen molar-refractivity contribution in [2.75, 3.05) is 19.4 Å². The van der Waals surface area contributed by atoms with E-state index in [0.29, 0.717) is 30.1 Å². The first-order valence-electron chi connectivity index (χ1n) is 12.5. The van der Waals surface area contributed by atoms with Crippen LogP contribution >= 0.6 is 0 Å². The van der Waals surface area contributed by atoms with E-state index in [4.69, 9.17) is 16.2 Å². The summed E-state index contributed by atoms with van der Waals surface area (Å²) in [5.74, 6) is 0.0949. The quantitative estimate of drug-likeness (QED) is 0.323. The molecule has 4 rings (SSSR count). The van der Waals surface area contributed by atoms with Crippen molar-refractivity contribution in [2.24, 2.45) is 17.6 Å². The fourth-order valence-corrected chi connectivity index (χ4v) is 4.87. The van der Waals surface area contributed by atoms with Gasteiger partial charge in [0.1, 0.15) is 0 Å². The number of anilines is 1. The normalized spacial score (nSPS) is 18.3. The minimum atomic E-state index is -0.484. The fraction of sp³-hybridized carbons (Fsp3) is 0.345. The Kier molecular flexibility index (Phi) is 8.33. The maximum Gasteiger partial charge on any atom is 0.339 e. The summed E-state index contributed by atoms with van der Waals surface area (Å²) in [6, 6.07) is 18.9. The Morgan fingerprint density at radius 2 is 1.75 bits per heavy atom. The van der Waals surface area contributed by atoms with Crippen LogP contribution in [0.1, 0.15) is 53.3 Å². The van der Waals surface area contributed by atoms with Gasteiger partial charge in [0.2, 0.25) is 5.91 Å². The van der Waals surface area contributed by atoms with Gasteiger partial charge in [0.05, 0.1) is 24.4 Å². The van der Waals surface area contributed by atoms with E-state index < -0.39 is 5.97 Å². The number of hydrogen-bond acceptors (Lipinski definition) is 6. The number of hydrogen-bond donors (Lipinski definition) is 3. The van der Waals surface area contributed by atoms with Crippen molar-refractivity contribution in [2.45, 2.75) is 38.1 Å². The number of esters is 1. The number of pyridine rings is 1. The lowest BCUT2D eigenvalue weighted by Crippen LogP contribution is -2.37. The Hall–Kier alpha value is -3.71. The van der Waals surface area contributed by atoms with E-state index >= 15 is 0 Å². The van der Waals surface area contributed by atoms with Crippen molar-refractivity contribution < 1.29 is 14.3 Å². The molecule has 188 valence electrons. The number of aromatic nitrogens is 1. The van der Waals surface area contributed by atoms with Crippen molar-refractivity contribution >= 4 is 17.6 Å². The van der Waals surface area contributed by atoms with E-state index in [1.54, 1.807) is 18.3 Å². The highest BCUT2D eigenvalue weighted by Crippen LogP contribution is 2.30. The van der Waals surface area contributed by atoms with Gasteiger partial charge in [-0.25, -0.2) is 4.79 Å². The number of rotatable bonds is 8. The molecule has 3 aromatic rings. The molecule has 0 bridgehead atoms. The van der Waals surface area contributed by atoms with Gasteiger partial charge in [0, 0.05) is 17.8 Å². The van der Waals surface area contributed by atoms with Crippen LogP contribution < -0.4 is 16.8 Å². The third-order valence-electron chi connectivity index (χ3n) is 7.08. The van der Waals surface area contributed by atoms with Gasteiger partial charge >= 0.3 is 5.97 Å². The summed E-state index contributed by atoms with van der Waals surface area (Å²) in [6.45, 7) is 0.685. The lowest BCUT2D eigenvalue weighted by atomic mass is 9.81. The number of benzene rings is 2. The van der Waals surface area contributed by atoms with Gasteiger partial charge in [-0.2, -0.15) is 0 Å². The predicted molar refractivity (Wildman–Crippen MR) is 141 cm³/mol. The molecule has 1 saturated carbocycles. The van der Waals surface area contributed by atoms with Crippen LogP contribution in [-0.4, -0.2) is 30.5 Å². The van der Waals surface area contributed by atoms with Gasteiger partial charge in [0.25, 0.3) is 0 Å². The molecule has 7 heteroatoms. The first kappa shape index (κ1) is 25.4. The van der Waals surface area contributed by atoms with Crippen molar-refractivity contribution in [1.82, 2.24) is 10.3 Å². The number of nitrogens with one attached hydrogen (secondary N) is 1. The second-order valence-electron chi connectivity index (χ2n) is 9.47. The topological polar surface area (TPSA) is 120 Å². The highest BCUT2D eigenvalue weighted by molar-refractivity contribution is 5.96. The molecular formula is C29H34N4O3. The number of carbonyl (C=O) groups excluding carboxylic acids is 2. The Morgan fingerprint density at radius 3 is 2.44 bits per heavy atom. The molecule has 0 aliphatic heterocycles. The van der Waals surface area contributed by atoms with Crippen LogP contribution in [0.5, 0.6) is 0 Å². The molecule has 2 aromatic carbocycles. The SMILES string of the molecule is COC(=O)c1cc(-c2ccnc(C(Cc3ccccc3)NC(=O)C3CCC(CN)CC3)c2)ccc1N. The van der Waals surface area contributed by atoms with Gasteiger partial charge < -0.3 is 21.5 Å². The molecule has 7 nitrogen and oxygen atoms in total. The van der Waals surface area contributed by atoms with Crippen LogP contribution in [0.2, 0.25) is 0 Å². The number of methoxy groups -OCH3 is 1. The van der Waals surface area contributed by atoms with Gasteiger partial charge in [0.15, 0.2) is 0 Å². The Bertz CT molecular complexity index is 1190. The maximum absolute atomic E-state index is 13.3. The molecule has 0 radical (unpaired) electrons. The van der Waals surface area contributed by atoms with Crippen molar-refractivity contribution in [3.8, 4) is 11.1 Å². The third kappa shape index (κ3) is 6.10. The first-order valence-corrected chi connectivity index (χ1v) is 12.5. The van der Waals surface area contributed by atoms with E-state index in [0.717, 1.165) is 48.1 Å². The molecule has 0 saturated heterocycles. The van der Waals surface area contributed by atoms with Crippen LogP contribution in [0.3, 0.4) is 0 Å². The zero-order valence-corrected chi connectivity index (χ0v) is 20.7. The molecule has 1 atom stereocenters. The van der Waals surface area contributed by atoms with Gasteiger partial charge in [-0.1, -0.05) is 36.4 Å². The minimum absolute atomic E-state index is 0.00558. The number of nitrogens with two attached hydrogens (primary N) is 2. The number of ether oxygens (including phenoxy) is 1. The van der Waals surface area contributed by atoms with Crippen LogP contribution in [0, 0.1) is 11.8 Å². The van der Waals surface area contributed by atoms with Crippen molar-refractivity contribution in [3.63, 3.8) is 0 Å². The Labute approximate surface area is 212 Å². The first-order chi connectivity index (χ1) is 17.5. The largest absolute Gasteiger partial charge is 0.465 e. The molecule has 1 amide bonds. The highest BCUT2D eigenvalue weighted by atomic mass is 16.5. The summed E-state index contributed by atoms with van der Waals surface area (Å²) in [5.41, 5.74) is 16.1. The monoisotopic (exact) mass is 486 g/mol. The lowest BCUT2D eigenvalue weighted by molar-refractivity contribution is -0.127. The summed E-state index contributed by atoms with van der Waals surface area (Å²) in [7, 11) is 1.33. The number of nitrogen functional groups attached to an aromatic ring is 1. The predicted octanol–water partition coefficient (Wildman–Crippen LogP) is 4.28. The summed E-state index contributed by atoms with van der Waals surface area (Å²) in [5, 5.41) is 3.28. The van der Waals surface area contributed by atoms with Crippen molar-refractivity contribution in [1.29, 1.82) is 0 Å². The molecule has 36 heavy (non-hydrogen) atoms. The second-order valence-corrected chi connectivity index (χ2v) is 9.47. The Morgan fingerprint density at radius 1 is 1.03 bits per heavy atom. The van der Waals surface area contributed by atoms with Gasteiger partial charge in [-0.05, 0) is 85.5 Å². The average Bonchev–Trinajstić information content (AvgIpc) is 2.93. The number of nitrogens with zero attached hydrogens (tertiary/aromatic N) is 1. The summed E-state index contributed by atoms with van der Waals surface area (Å²) < 4.78 is 4.87. The average molecular weight is 487 g/mol. The van der Waals surface area contributed by atoms with Crippen LogP contribution in [-0.2, 0) is 16.0 Å². The summed E-state index contributed by atoms with van der Waals surface area (Å²) >= 11 is 0.